The van der Waals surface area contributed by atoms with E-state index in [1.165, 1.54) is 38.5 Å². The zero-order valence-electron chi connectivity index (χ0n) is 15.1. The van der Waals surface area contributed by atoms with E-state index in [2.05, 4.69) is 19.9 Å². The minimum Gasteiger partial charge on any atom is -0.393 e. The molecule has 0 bridgehead atoms. The average Bonchev–Trinajstić information content (AvgIpc) is 2.85. The van der Waals surface area contributed by atoms with Crippen LogP contribution in [0.15, 0.2) is 11.6 Å². The monoisotopic (exact) mass is 318 g/mol. The lowest BCUT2D eigenvalue weighted by atomic mass is 9.47. The van der Waals surface area contributed by atoms with E-state index >= 15 is 0 Å². The third-order valence-corrected chi connectivity index (χ3v) is 8.73. The number of rotatable bonds is 1. The van der Waals surface area contributed by atoms with Crippen LogP contribution in [0.1, 0.15) is 72.1 Å². The number of allylic oxidation sites excluding steroid dienone is 1. The van der Waals surface area contributed by atoms with E-state index in [0.29, 0.717) is 16.7 Å². The molecule has 0 heterocycles. The summed E-state index contributed by atoms with van der Waals surface area (Å²) in [7, 11) is 0. The Morgan fingerprint density at radius 2 is 1.87 bits per heavy atom. The van der Waals surface area contributed by atoms with Crippen molar-refractivity contribution in [2.75, 3.05) is 0 Å². The van der Waals surface area contributed by atoms with Gasteiger partial charge in [0.05, 0.1) is 12.2 Å². The van der Waals surface area contributed by atoms with E-state index < -0.39 is 0 Å². The van der Waals surface area contributed by atoms with Crippen LogP contribution in [-0.4, -0.2) is 22.4 Å². The van der Waals surface area contributed by atoms with Crippen molar-refractivity contribution in [1.29, 1.82) is 0 Å². The maximum atomic E-state index is 10.3. The Kier molecular flexibility index (Phi) is 3.74. The quantitative estimate of drug-likeness (QED) is 0.707. The summed E-state index contributed by atoms with van der Waals surface area (Å²) in [5.41, 5.74) is 2.25. The van der Waals surface area contributed by atoms with Gasteiger partial charge in [0.25, 0.3) is 0 Å². The van der Waals surface area contributed by atoms with Gasteiger partial charge in [-0.2, -0.15) is 0 Å². The molecule has 2 N–H and O–H groups in total. The molecule has 2 heteroatoms. The first-order chi connectivity index (χ1) is 10.9. The summed E-state index contributed by atoms with van der Waals surface area (Å²) in [6.07, 6.45) is 11.7. The predicted molar refractivity (Wildman–Crippen MR) is 92.9 cm³/mol. The molecule has 0 aromatic rings. The van der Waals surface area contributed by atoms with Crippen LogP contribution >= 0.6 is 0 Å². The van der Waals surface area contributed by atoms with E-state index in [9.17, 15) is 10.2 Å². The SMILES string of the molecule is C[C@H](O)[C@H]1CC[C@H]2[C@@H]3CC=C4C[C@@H](O)CC[C@]4(C)[C@H]3CC[C@]12C. The standard InChI is InChI=1S/C21H34O2/c1-13(22)17-6-7-18-16-5-4-14-12-15(23)8-10-20(14,2)19(16)9-11-21(17,18)3/h4,13,15-19,22-23H,5-12H2,1-3H3/t13-,15-,16-,17+,18-,19-,20-,21+/m0/s1. The maximum absolute atomic E-state index is 10.3. The second-order valence-electron chi connectivity index (χ2n) is 9.62. The van der Waals surface area contributed by atoms with Crippen molar-refractivity contribution < 1.29 is 10.2 Å². The van der Waals surface area contributed by atoms with Gasteiger partial charge in [0.15, 0.2) is 0 Å². The highest BCUT2D eigenvalue weighted by Crippen LogP contribution is 2.66. The summed E-state index contributed by atoms with van der Waals surface area (Å²) in [5.74, 6) is 2.91. The van der Waals surface area contributed by atoms with Crippen LogP contribution in [0.4, 0.5) is 0 Å². The Morgan fingerprint density at radius 3 is 2.61 bits per heavy atom. The molecule has 0 aliphatic heterocycles. The molecule has 0 spiro atoms. The fourth-order valence-corrected chi connectivity index (χ4v) is 7.47. The summed E-state index contributed by atoms with van der Waals surface area (Å²) in [6, 6.07) is 0. The average molecular weight is 319 g/mol. The minimum atomic E-state index is -0.156. The summed E-state index contributed by atoms with van der Waals surface area (Å²) in [5, 5.41) is 20.4. The van der Waals surface area contributed by atoms with Crippen LogP contribution < -0.4 is 0 Å². The molecule has 8 atom stereocenters. The van der Waals surface area contributed by atoms with Crippen molar-refractivity contribution in [2.45, 2.75) is 84.3 Å². The zero-order valence-corrected chi connectivity index (χ0v) is 15.1. The molecule has 4 aliphatic rings. The first-order valence-corrected chi connectivity index (χ1v) is 9.92. The lowest BCUT2D eigenvalue weighted by Gasteiger charge is -2.58. The topological polar surface area (TPSA) is 40.5 Å². The molecule has 0 aromatic carbocycles. The fourth-order valence-electron chi connectivity index (χ4n) is 7.47. The molecule has 3 saturated carbocycles. The number of hydrogen-bond donors (Lipinski definition) is 2. The van der Waals surface area contributed by atoms with Crippen molar-refractivity contribution in [3.63, 3.8) is 0 Å². The first-order valence-electron chi connectivity index (χ1n) is 9.92. The molecule has 23 heavy (non-hydrogen) atoms. The van der Waals surface area contributed by atoms with Gasteiger partial charge >= 0.3 is 0 Å². The highest BCUT2D eigenvalue weighted by molar-refractivity contribution is 5.25. The van der Waals surface area contributed by atoms with Gasteiger partial charge in [0.2, 0.25) is 0 Å². The van der Waals surface area contributed by atoms with E-state index in [4.69, 9.17) is 0 Å². The fraction of sp³-hybridized carbons (Fsp3) is 0.905. The number of aliphatic hydroxyl groups is 2. The van der Waals surface area contributed by atoms with Gasteiger partial charge in [-0.25, -0.2) is 0 Å². The molecule has 0 saturated heterocycles. The van der Waals surface area contributed by atoms with Crippen LogP contribution in [0.2, 0.25) is 0 Å². The van der Waals surface area contributed by atoms with Crippen LogP contribution in [0.25, 0.3) is 0 Å². The maximum Gasteiger partial charge on any atom is 0.0577 e. The second kappa shape index (κ2) is 5.33. The van der Waals surface area contributed by atoms with Crippen molar-refractivity contribution in [3.8, 4) is 0 Å². The smallest absolute Gasteiger partial charge is 0.0577 e. The molecule has 4 aliphatic carbocycles. The van der Waals surface area contributed by atoms with Gasteiger partial charge in [-0.05, 0) is 92.8 Å². The Bertz CT molecular complexity index is 510. The summed E-state index contributed by atoms with van der Waals surface area (Å²) < 4.78 is 0. The van der Waals surface area contributed by atoms with Crippen molar-refractivity contribution in [3.05, 3.63) is 11.6 Å². The van der Waals surface area contributed by atoms with Gasteiger partial charge < -0.3 is 10.2 Å². The van der Waals surface area contributed by atoms with E-state index in [-0.39, 0.29) is 12.2 Å². The molecular formula is C21H34O2. The van der Waals surface area contributed by atoms with Gasteiger partial charge in [-0.15, -0.1) is 0 Å². The molecule has 0 amide bonds. The van der Waals surface area contributed by atoms with Gasteiger partial charge in [0.1, 0.15) is 0 Å². The third-order valence-electron chi connectivity index (χ3n) is 8.73. The largest absolute Gasteiger partial charge is 0.393 e. The Hall–Kier alpha value is -0.340. The lowest BCUT2D eigenvalue weighted by Crippen LogP contribution is -2.51. The van der Waals surface area contributed by atoms with Gasteiger partial charge in [-0.1, -0.05) is 25.5 Å². The molecular weight excluding hydrogens is 284 g/mol. The van der Waals surface area contributed by atoms with Crippen LogP contribution in [-0.2, 0) is 0 Å². The van der Waals surface area contributed by atoms with E-state index in [1.54, 1.807) is 5.57 Å². The molecule has 0 radical (unpaired) electrons. The normalized spacial score (nSPS) is 53.8. The van der Waals surface area contributed by atoms with E-state index in [0.717, 1.165) is 30.6 Å². The van der Waals surface area contributed by atoms with Crippen molar-refractivity contribution in [2.24, 2.45) is 34.5 Å². The Morgan fingerprint density at radius 1 is 1.09 bits per heavy atom. The minimum absolute atomic E-state index is 0.106. The molecule has 0 aromatic heterocycles. The number of aliphatic hydroxyl groups excluding tert-OH is 2. The Balaban J connectivity index is 1.65. The third kappa shape index (κ3) is 2.20. The second-order valence-corrected chi connectivity index (χ2v) is 9.62. The van der Waals surface area contributed by atoms with Crippen molar-refractivity contribution >= 4 is 0 Å². The number of fused-ring (bicyclic) bond motifs is 5. The molecule has 2 nitrogen and oxygen atoms in total. The first kappa shape index (κ1) is 16.1. The molecule has 130 valence electrons. The molecule has 0 unspecified atom stereocenters. The summed E-state index contributed by atoms with van der Waals surface area (Å²) in [4.78, 5) is 0. The number of hydrogen-bond acceptors (Lipinski definition) is 2. The van der Waals surface area contributed by atoms with Crippen LogP contribution in [0.5, 0.6) is 0 Å². The van der Waals surface area contributed by atoms with E-state index in [1.807, 2.05) is 6.92 Å². The summed E-state index contributed by atoms with van der Waals surface area (Å²) >= 11 is 0. The van der Waals surface area contributed by atoms with Crippen LogP contribution in [0.3, 0.4) is 0 Å². The zero-order chi connectivity index (χ0) is 16.4. The highest BCUT2D eigenvalue weighted by Gasteiger charge is 2.59. The van der Waals surface area contributed by atoms with Gasteiger partial charge in [-0.3, -0.25) is 0 Å². The summed E-state index contributed by atoms with van der Waals surface area (Å²) in [6.45, 7) is 6.98. The van der Waals surface area contributed by atoms with Crippen LogP contribution in [0, 0.1) is 34.5 Å². The Labute approximate surface area is 141 Å². The molecule has 4 rings (SSSR count). The highest BCUT2D eigenvalue weighted by atomic mass is 16.3. The lowest BCUT2D eigenvalue weighted by molar-refractivity contribution is -0.0675. The van der Waals surface area contributed by atoms with Crippen molar-refractivity contribution in [1.82, 2.24) is 0 Å². The molecule has 3 fully saturated rings. The predicted octanol–water partition coefficient (Wildman–Crippen LogP) is 4.31. The van der Waals surface area contributed by atoms with Gasteiger partial charge in [0, 0.05) is 0 Å².